The minimum absolute atomic E-state index is 0.139. The Morgan fingerprint density at radius 3 is 0.935 bits per heavy atom. The predicted octanol–water partition coefficient (Wildman–Crippen LogP) is 1.49. The molecule has 0 rings (SSSR count). The van der Waals surface area contributed by atoms with Crippen molar-refractivity contribution in [2.75, 3.05) is 90.1 Å². The number of amides is 2. The molecule has 0 aliphatic heterocycles. The molecule has 20 nitrogen and oxygen atoms in total. The molecule has 0 aromatic heterocycles. The molecule has 28 heteroatoms. The molecule has 10 N–H and O–H groups in total. The molecule has 0 aliphatic rings. The smallest absolute Gasteiger partial charge is 0.325 e. The van der Waals surface area contributed by atoms with Crippen LogP contribution >= 0.6 is 30.4 Å². The minimum atomic E-state index is -4.15. The summed E-state index contributed by atoms with van der Waals surface area (Å²) in [5.41, 5.74) is 0. The molecule has 0 heterocycles. The number of carbonyl (C=O) groups excluding carboxylic acids is 2. The molecule has 0 fully saturated rings. The number of hydrogen-bond donors (Lipinski definition) is 10. The van der Waals surface area contributed by atoms with Crippen LogP contribution in [0.4, 0.5) is 0 Å². The Labute approximate surface area is 379 Å². The molecular formula is C34H86N4O16P4Si4+2. The van der Waals surface area contributed by atoms with Crippen LogP contribution in [-0.4, -0.2) is 188 Å². The van der Waals surface area contributed by atoms with Crippen molar-refractivity contribution in [2.45, 2.75) is 116 Å². The third-order valence-electron chi connectivity index (χ3n) is 10.9. The first kappa shape index (κ1) is 64.3. The van der Waals surface area contributed by atoms with Crippen LogP contribution in [0.5, 0.6) is 0 Å². The maximum atomic E-state index is 12.7. The zero-order chi connectivity index (χ0) is 48.4. The maximum absolute atomic E-state index is 12.7. The Morgan fingerprint density at radius 2 is 0.726 bits per heavy atom. The normalized spacial score (nSPS) is 13.5. The minimum Gasteiger partial charge on any atom is -0.463 e. The molecule has 0 spiro atoms. The molecule has 0 aromatic rings. The average molecular weight is 1040 g/mol. The van der Waals surface area contributed by atoms with E-state index in [9.17, 15) is 67.0 Å². The number of rotatable bonds is 36. The van der Waals surface area contributed by atoms with E-state index in [1.807, 2.05) is 13.8 Å². The summed E-state index contributed by atoms with van der Waals surface area (Å²) < 4.78 is 57.0. The van der Waals surface area contributed by atoms with E-state index in [4.69, 9.17) is 8.23 Å². The second-order valence-corrected chi connectivity index (χ2v) is 36.3. The summed E-state index contributed by atoms with van der Waals surface area (Å²) >= 11 is 0. The van der Waals surface area contributed by atoms with Crippen LogP contribution in [0.25, 0.3) is 0 Å². The number of nitrogens with zero attached hydrogens (tertiary/aromatic N) is 2. The highest BCUT2D eigenvalue weighted by Crippen LogP contribution is 2.38. The van der Waals surface area contributed by atoms with Gasteiger partial charge in [-0.05, 0) is 64.0 Å². The topological polar surface area (TPSA) is 307 Å². The first-order chi connectivity index (χ1) is 28.3. The summed E-state index contributed by atoms with van der Waals surface area (Å²) in [5, 5.41) is 5.88. The van der Waals surface area contributed by atoms with Crippen molar-refractivity contribution < 1.29 is 84.2 Å². The van der Waals surface area contributed by atoms with E-state index in [1.54, 1.807) is 0 Å². The molecule has 0 bridgehead atoms. The Balaban J connectivity index is 0. The van der Waals surface area contributed by atoms with E-state index in [-0.39, 0.29) is 84.2 Å². The van der Waals surface area contributed by atoms with Crippen molar-refractivity contribution in [1.29, 1.82) is 0 Å². The Hall–Kier alpha value is 0.248. The standard InChI is InChI=1S/2C17H42N2O8P2Si2/c2*1-4-5-10-19(11-7-13-28(21,22)23,12-8-14-29(24,25)26)16-17(20)18-9-6-15-31(2,3)27-30/h2*4-16H2,1-3,30H3,(H4-,18,20,21,22,23,24,25,26)/p+2. The van der Waals surface area contributed by atoms with Crippen LogP contribution in [0.2, 0.25) is 38.3 Å². The van der Waals surface area contributed by atoms with Crippen LogP contribution in [0, 0.1) is 0 Å². The monoisotopic (exact) mass is 1040 g/mol. The molecule has 0 unspecified atom stereocenters. The molecule has 0 aromatic carbocycles. The van der Waals surface area contributed by atoms with E-state index in [0.717, 1.165) is 50.6 Å². The van der Waals surface area contributed by atoms with Gasteiger partial charge in [0.25, 0.3) is 11.8 Å². The Bertz CT molecular complexity index is 1300. The highest BCUT2D eigenvalue weighted by atomic mass is 31.2. The van der Waals surface area contributed by atoms with E-state index >= 15 is 0 Å². The van der Waals surface area contributed by atoms with Crippen molar-refractivity contribution in [2.24, 2.45) is 0 Å². The van der Waals surface area contributed by atoms with Crippen LogP contribution in [0.1, 0.15) is 78.1 Å². The summed E-state index contributed by atoms with van der Waals surface area (Å²) in [7, 11) is -18.4. The SMILES string of the molecule is CCCC[N+](CCCP(=O)(O)O)(CCCP(=O)(O)O)CC(=O)NCCC[Si](C)(C)O[SiH3].CCCC[N+](CCCP(=O)(O)O)(CCCP(=O)(O)O)CC(=O)NCCC[Si](C)(C)O[SiH3]. The molecule has 0 saturated heterocycles. The average Bonchev–Trinajstić information content (AvgIpc) is 3.11. The van der Waals surface area contributed by atoms with Gasteiger partial charge in [0.15, 0.2) is 29.7 Å². The van der Waals surface area contributed by atoms with Crippen molar-refractivity contribution in [1.82, 2.24) is 10.6 Å². The fraction of sp³-hybridized carbons (Fsp3) is 0.941. The van der Waals surface area contributed by atoms with E-state index in [2.05, 4.69) is 36.8 Å². The Morgan fingerprint density at radius 1 is 0.484 bits per heavy atom. The van der Waals surface area contributed by atoms with Gasteiger partial charge in [-0.3, -0.25) is 27.8 Å². The summed E-state index contributed by atoms with van der Waals surface area (Å²) in [5.74, 6) is -0.288. The van der Waals surface area contributed by atoms with Gasteiger partial charge in [0.1, 0.15) is 21.0 Å². The number of unbranched alkanes of at least 4 members (excludes halogenated alkanes) is 2. The van der Waals surface area contributed by atoms with Crippen LogP contribution in [-0.2, 0) is 36.1 Å². The van der Waals surface area contributed by atoms with Gasteiger partial charge >= 0.3 is 30.4 Å². The van der Waals surface area contributed by atoms with E-state index in [1.165, 1.54) is 0 Å². The lowest BCUT2D eigenvalue weighted by Crippen LogP contribution is -2.55. The first-order valence-corrected chi connectivity index (χ1v) is 36.8. The van der Waals surface area contributed by atoms with Gasteiger partial charge in [-0.2, -0.15) is 0 Å². The van der Waals surface area contributed by atoms with Gasteiger partial charge in [0, 0.05) is 38.8 Å². The predicted molar refractivity (Wildman–Crippen MR) is 257 cm³/mol. The van der Waals surface area contributed by atoms with Crippen molar-refractivity contribution in [3.63, 3.8) is 0 Å². The van der Waals surface area contributed by atoms with Gasteiger partial charge in [-0.15, -0.1) is 0 Å². The number of quaternary nitrogens is 2. The van der Waals surface area contributed by atoms with Gasteiger partial charge in [-0.1, -0.05) is 26.7 Å². The molecule has 372 valence electrons. The van der Waals surface area contributed by atoms with Crippen molar-refractivity contribution >= 4 is 79.8 Å². The molecule has 2 amide bonds. The lowest BCUT2D eigenvalue weighted by Gasteiger charge is -2.38. The zero-order valence-corrected chi connectivity index (χ0v) is 48.5. The van der Waals surface area contributed by atoms with Crippen molar-refractivity contribution in [3.8, 4) is 0 Å². The van der Waals surface area contributed by atoms with E-state index in [0.29, 0.717) is 73.3 Å². The number of nitrogens with one attached hydrogen (secondary N) is 2. The highest BCUT2D eigenvalue weighted by molar-refractivity contribution is 7.52. The second kappa shape index (κ2) is 31.3. The third-order valence-corrected chi connectivity index (χ3v) is 26.5. The van der Waals surface area contributed by atoms with Gasteiger partial charge in [0.2, 0.25) is 0 Å². The lowest BCUT2D eigenvalue weighted by atomic mass is 10.2. The summed E-state index contributed by atoms with van der Waals surface area (Å²) in [6.07, 6.45) is 4.99. The number of hydrogen-bond acceptors (Lipinski definition) is 8. The van der Waals surface area contributed by atoms with Crippen LogP contribution in [0.15, 0.2) is 0 Å². The van der Waals surface area contributed by atoms with Crippen molar-refractivity contribution in [3.05, 3.63) is 0 Å². The van der Waals surface area contributed by atoms with Gasteiger partial charge in [-0.25, -0.2) is 0 Å². The second-order valence-electron chi connectivity index (χ2n) is 17.9. The van der Waals surface area contributed by atoms with Gasteiger partial charge < -0.3 is 67.0 Å². The van der Waals surface area contributed by atoms with Crippen LogP contribution in [0.3, 0.4) is 0 Å². The zero-order valence-electron chi connectivity index (χ0n) is 38.9. The largest absolute Gasteiger partial charge is 0.463 e. The molecule has 0 radical (unpaired) electrons. The number of carbonyl (C=O) groups is 2. The molecule has 0 aliphatic carbocycles. The summed E-state index contributed by atoms with van der Waals surface area (Å²) in [6, 6.07) is 1.91. The highest BCUT2D eigenvalue weighted by Gasteiger charge is 2.33. The molecule has 0 saturated carbocycles. The molecule has 62 heavy (non-hydrogen) atoms. The fourth-order valence-corrected chi connectivity index (χ4v) is 12.9. The van der Waals surface area contributed by atoms with E-state index < -0.39 is 47.0 Å². The maximum Gasteiger partial charge on any atom is 0.325 e. The molecule has 0 atom stereocenters. The first-order valence-electron chi connectivity index (χ1n) is 21.8. The Kier molecular flexibility index (Phi) is 32.5. The third kappa shape index (κ3) is 38.4. The summed E-state index contributed by atoms with van der Waals surface area (Å²) in [6.45, 7) is 16.8. The lowest BCUT2D eigenvalue weighted by molar-refractivity contribution is -0.921. The van der Waals surface area contributed by atoms with Gasteiger partial charge in [0.05, 0.1) is 63.9 Å². The van der Waals surface area contributed by atoms with Crippen LogP contribution < -0.4 is 10.6 Å². The molecular weight excluding hydrogens is 957 g/mol. The fourth-order valence-electron chi connectivity index (χ4n) is 6.99. The quantitative estimate of drug-likeness (QED) is 0.0184. The summed E-state index contributed by atoms with van der Waals surface area (Å²) in [4.78, 5) is 99.0.